The molecule has 0 amide bonds. The van der Waals surface area contributed by atoms with Crippen molar-refractivity contribution in [2.75, 3.05) is 0 Å². The van der Waals surface area contributed by atoms with Crippen LogP contribution in [0, 0.1) is 12.7 Å². The highest BCUT2D eigenvalue weighted by Gasteiger charge is 2.27. The Morgan fingerprint density at radius 3 is 2.72 bits per heavy atom. The summed E-state index contributed by atoms with van der Waals surface area (Å²) in [5, 5.41) is 0. The quantitative estimate of drug-likeness (QED) is 0.776. The summed E-state index contributed by atoms with van der Waals surface area (Å²) in [5.74, 6) is 1.03. The molecular weight excluding hydrogens is 295 g/mol. The van der Waals surface area contributed by atoms with Gasteiger partial charge in [-0.3, -0.25) is 0 Å². The molecule has 0 atom stereocenters. The summed E-state index contributed by atoms with van der Waals surface area (Å²) in [7, 11) is 0. The number of nitrogens with zero attached hydrogens (tertiary/aromatic N) is 2. The van der Waals surface area contributed by atoms with Crippen LogP contribution < -0.4 is 0 Å². The van der Waals surface area contributed by atoms with E-state index in [-0.39, 0.29) is 5.82 Å². The van der Waals surface area contributed by atoms with Crippen molar-refractivity contribution in [3.05, 3.63) is 46.1 Å². The van der Waals surface area contributed by atoms with Crippen molar-refractivity contribution < 1.29 is 4.39 Å². The van der Waals surface area contributed by atoms with Gasteiger partial charge in [0.2, 0.25) is 0 Å². The van der Waals surface area contributed by atoms with Crippen LogP contribution in [-0.4, -0.2) is 9.97 Å². The maximum absolute atomic E-state index is 13.9. The lowest BCUT2D eigenvalue weighted by Gasteiger charge is -2.06. The van der Waals surface area contributed by atoms with Gasteiger partial charge in [0.15, 0.2) is 0 Å². The fourth-order valence-electron chi connectivity index (χ4n) is 1.93. The maximum Gasteiger partial charge on any atom is 0.133 e. The van der Waals surface area contributed by atoms with E-state index in [2.05, 4.69) is 25.9 Å². The molecular formula is C14H12BrFN2. The molecule has 1 fully saturated rings. The van der Waals surface area contributed by atoms with Gasteiger partial charge < -0.3 is 0 Å². The Morgan fingerprint density at radius 2 is 2.00 bits per heavy atom. The zero-order valence-electron chi connectivity index (χ0n) is 9.95. The first-order valence-corrected chi connectivity index (χ1v) is 6.74. The minimum atomic E-state index is -0.243. The normalized spacial score (nSPS) is 14.8. The Balaban J connectivity index is 2.12. The van der Waals surface area contributed by atoms with Gasteiger partial charge in [0, 0.05) is 11.5 Å². The fraction of sp³-hybridized carbons (Fsp3) is 0.286. The van der Waals surface area contributed by atoms with E-state index in [1.807, 2.05) is 13.0 Å². The van der Waals surface area contributed by atoms with Gasteiger partial charge in [-0.2, -0.15) is 0 Å². The Kier molecular flexibility index (Phi) is 2.90. The lowest BCUT2D eigenvalue weighted by Crippen LogP contribution is -1.97. The van der Waals surface area contributed by atoms with Crippen LogP contribution >= 0.6 is 15.9 Å². The van der Waals surface area contributed by atoms with Gasteiger partial charge in [-0.15, -0.1) is 0 Å². The number of benzene rings is 1. The number of rotatable bonds is 2. The standard InChI is InChI=1S/C14H12BrFN2/c1-8-2-5-11(16)10(6-8)12-7-13(15)18-14(17-12)9-3-4-9/h2,5-7,9H,3-4H2,1H3. The molecule has 0 radical (unpaired) electrons. The summed E-state index contributed by atoms with van der Waals surface area (Å²) in [6.07, 6.45) is 2.26. The molecule has 1 aromatic carbocycles. The van der Waals surface area contributed by atoms with Gasteiger partial charge in [0.05, 0.1) is 5.69 Å². The van der Waals surface area contributed by atoms with Crippen molar-refractivity contribution in [3.63, 3.8) is 0 Å². The second-order valence-corrected chi connectivity index (χ2v) is 5.50. The van der Waals surface area contributed by atoms with E-state index >= 15 is 0 Å². The summed E-state index contributed by atoms with van der Waals surface area (Å²) < 4.78 is 14.6. The largest absolute Gasteiger partial charge is 0.232 e. The second kappa shape index (κ2) is 4.43. The molecule has 2 nitrogen and oxygen atoms in total. The first kappa shape index (κ1) is 11.8. The third-order valence-corrected chi connectivity index (χ3v) is 3.46. The maximum atomic E-state index is 13.9. The van der Waals surface area contributed by atoms with E-state index in [9.17, 15) is 4.39 Å². The monoisotopic (exact) mass is 306 g/mol. The molecule has 1 aliphatic rings. The number of halogens is 2. The predicted molar refractivity (Wildman–Crippen MR) is 71.8 cm³/mol. The first-order valence-electron chi connectivity index (χ1n) is 5.94. The summed E-state index contributed by atoms with van der Waals surface area (Å²) in [5.41, 5.74) is 2.22. The number of hydrogen-bond donors (Lipinski definition) is 0. The zero-order valence-corrected chi connectivity index (χ0v) is 11.5. The van der Waals surface area contributed by atoms with Gasteiger partial charge in [0.1, 0.15) is 16.2 Å². The summed E-state index contributed by atoms with van der Waals surface area (Å²) >= 11 is 3.38. The molecule has 18 heavy (non-hydrogen) atoms. The average molecular weight is 307 g/mol. The molecule has 92 valence electrons. The highest BCUT2D eigenvalue weighted by molar-refractivity contribution is 9.10. The van der Waals surface area contributed by atoms with Gasteiger partial charge in [-0.05, 0) is 53.9 Å². The van der Waals surface area contributed by atoms with Gasteiger partial charge >= 0.3 is 0 Å². The number of aryl methyl sites for hydroxylation is 1. The van der Waals surface area contributed by atoms with Crippen LogP contribution in [0.3, 0.4) is 0 Å². The van der Waals surface area contributed by atoms with Gasteiger partial charge in [0.25, 0.3) is 0 Å². The molecule has 1 heterocycles. The highest BCUT2D eigenvalue weighted by atomic mass is 79.9. The third kappa shape index (κ3) is 2.29. The molecule has 1 aromatic heterocycles. The van der Waals surface area contributed by atoms with Crippen molar-refractivity contribution in [1.82, 2.24) is 9.97 Å². The summed E-state index contributed by atoms with van der Waals surface area (Å²) in [6.45, 7) is 1.95. The molecule has 4 heteroatoms. The van der Waals surface area contributed by atoms with Crippen LogP contribution in [0.4, 0.5) is 4.39 Å². The van der Waals surface area contributed by atoms with Crippen LogP contribution in [-0.2, 0) is 0 Å². The highest BCUT2D eigenvalue weighted by Crippen LogP contribution is 2.39. The van der Waals surface area contributed by atoms with Gasteiger partial charge in [-0.25, -0.2) is 14.4 Å². The van der Waals surface area contributed by atoms with E-state index in [4.69, 9.17) is 0 Å². The molecule has 0 saturated heterocycles. The predicted octanol–water partition coefficient (Wildman–Crippen LogP) is 4.23. The lowest BCUT2D eigenvalue weighted by molar-refractivity contribution is 0.630. The van der Waals surface area contributed by atoms with Crippen molar-refractivity contribution in [2.45, 2.75) is 25.7 Å². The number of hydrogen-bond acceptors (Lipinski definition) is 2. The van der Waals surface area contributed by atoms with E-state index in [0.717, 1.165) is 28.8 Å². The van der Waals surface area contributed by atoms with Crippen molar-refractivity contribution in [1.29, 1.82) is 0 Å². The number of aromatic nitrogens is 2. The Labute approximate surface area is 113 Å². The van der Waals surface area contributed by atoms with Crippen molar-refractivity contribution >= 4 is 15.9 Å². The minimum absolute atomic E-state index is 0.243. The van der Waals surface area contributed by atoms with Crippen LogP contribution in [0.5, 0.6) is 0 Å². The molecule has 0 N–H and O–H groups in total. The molecule has 1 aliphatic carbocycles. The molecule has 2 aromatic rings. The molecule has 1 saturated carbocycles. The van der Waals surface area contributed by atoms with Crippen molar-refractivity contribution in [2.24, 2.45) is 0 Å². The van der Waals surface area contributed by atoms with E-state index < -0.39 is 0 Å². The lowest BCUT2D eigenvalue weighted by atomic mass is 10.1. The van der Waals surface area contributed by atoms with Crippen LogP contribution in [0.25, 0.3) is 11.3 Å². The first-order chi connectivity index (χ1) is 8.63. The van der Waals surface area contributed by atoms with E-state index in [1.54, 1.807) is 12.1 Å². The van der Waals surface area contributed by atoms with Crippen LogP contribution in [0.1, 0.15) is 30.1 Å². The van der Waals surface area contributed by atoms with Crippen LogP contribution in [0.2, 0.25) is 0 Å². The second-order valence-electron chi connectivity index (χ2n) is 4.69. The van der Waals surface area contributed by atoms with E-state index in [1.165, 1.54) is 6.07 Å². The fourth-order valence-corrected chi connectivity index (χ4v) is 2.33. The summed E-state index contributed by atoms with van der Waals surface area (Å²) in [4.78, 5) is 8.84. The summed E-state index contributed by atoms with van der Waals surface area (Å²) in [6, 6.07) is 6.83. The average Bonchev–Trinajstić information content (AvgIpc) is 3.15. The topological polar surface area (TPSA) is 25.8 Å². The van der Waals surface area contributed by atoms with E-state index in [0.29, 0.717) is 17.2 Å². The smallest absolute Gasteiger partial charge is 0.133 e. The molecule has 0 aliphatic heterocycles. The Morgan fingerprint density at radius 1 is 1.22 bits per heavy atom. The third-order valence-electron chi connectivity index (χ3n) is 3.05. The Bertz CT molecular complexity index is 609. The van der Waals surface area contributed by atoms with Crippen molar-refractivity contribution in [3.8, 4) is 11.3 Å². The van der Waals surface area contributed by atoms with Gasteiger partial charge in [-0.1, -0.05) is 11.6 Å². The molecule has 0 bridgehead atoms. The minimum Gasteiger partial charge on any atom is -0.232 e. The molecule has 0 unspecified atom stereocenters. The molecule has 0 spiro atoms. The SMILES string of the molecule is Cc1ccc(F)c(-c2cc(Br)nc(C3CC3)n2)c1. The zero-order chi connectivity index (χ0) is 12.7. The van der Waals surface area contributed by atoms with Crippen LogP contribution in [0.15, 0.2) is 28.9 Å². The Hall–Kier alpha value is -1.29. The molecule has 3 rings (SSSR count).